The van der Waals surface area contributed by atoms with E-state index in [9.17, 15) is 13.0 Å². The second kappa shape index (κ2) is 7.20. The van der Waals surface area contributed by atoms with Gasteiger partial charge in [0, 0.05) is 19.1 Å². The quantitative estimate of drug-likeness (QED) is 0.337. The summed E-state index contributed by atoms with van der Waals surface area (Å²) in [6, 6.07) is 0.198. The van der Waals surface area contributed by atoms with Gasteiger partial charge in [-0.25, -0.2) is 8.42 Å². The third-order valence-electron chi connectivity index (χ3n) is 3.56. The Hall–Kier alpha value is 0.830. The minimum absolute atomic E-state index is 0. The maximum Gasteiger partial charge on any atom is 1.00 e. The summed E-state index contributed by atoms with van der Waals surface area (Å²) in [7, 11) is -4.12. The van der Waals surface area contributed by atoms with Crippen molar-refractivity contribution in [3.05, 3.63) is 0 Å². The van der Waals surface area contributed by atoms with Crippen molar-refractivity contribution in [3.8, 4) is 0 Å². The standard InChI is InChI=1S/C12H26N2O3S.Na/c1-11(2)6-10(13)7-12(3,8-11)9-14-4-5-18(15,16)17;/h10,14H,4-9,13H2,1-3H3,(H,15,16,17);/q;+1/p-1. The van der Waals surface area contributed by atoms with Crippen LogP contribution in [0.1, 0.15) is 40.0 Å². The van der Waals surface area contributed by atoms with E-state index in [2.05, 4.69) is 26.1 Å². The molecule has 2 unspecified atom stereocenters. The van der Waals surface area contributed by atoms with Gasteiger partial charge in [0.2, 0.25) is 0 Å². The van der Waals surface area contributed by atoms with E-state index in [0.717, 1.165) is 19.3 Å². The second-order valence-corrected chi connectivity index (χ2v) is 8.28. The molecule has 1 aliphatic carbocycles. The van der Waals surface area contributed by atoms with Crippen LogP contribution in [-0.4, -0.2) is 37.9 Å². The van der Waals surface area contributed by atoms with E-state index in [-0.39, 0.29) is 58.7 Å². The molecule has 0 saturated heterocycles. The second-order valence-electron chi connectivity index (χ2n) is 6.76. The Kier molecular flexibility index (Phi) is 7.52. The van der Waals surface area contributed by atoms with Gasteiger partial charge in [0.15, 0.2) is 0 Å². The first-order chi connectivity index (χ1) is 8.02. The molecule has 0 aromatic heterocycles. The fourth-order valence-corrected chi connectivity index (χ4v) is 3.83. The number of nitrogens with one attached hydrogen (secondary N) is 1. The smallest absolute Gasteiger partial charge is 0.748 e. The van der Waals surface area contributed by atoms with Gasteiger partial charge in [0.1, 0.15) is 0 Å². The van der Waals surface area contributed by atoms with Crippen LogP contribution in [0, 0.1) is 10.8 Å². The minimum atomic E-state index is -4.12. The summed E-state index contributed by atoms with van der Waals surface area (Å²) in [6.45, 7) is 7.53. The normalized spacial score (nSPS) is 30.7. The molecule has 0 aromatic carbocycles. The summed E-state index contributed by atoms with van der Waals surface area (Å²) in [5, 5.41) is 3.08. The third kappa shape index (κ3) is 7.99. The summed E-state index contributed by atoms with van der Waals surface area (Å²) in [4.78, 5) is 0. The van der Waals surface area contributed by atoms with E-state index in [1.54, 1.807) is 0 Å². The molecule has 0 bridgehead atoms. The molecule has 0 aromatic rings. The van der Waals surface area contributed by atoms with Crippen LogP contribution in [0.3, 0.4) is 0 Å². The number of hydrogen-bond donors (Lipinski definition) is 2. The third-order valence-corrected chi connectivity index (χ3v) is 4.26. The van der Waals surface area contributed by atoms with Crippen LogP contribution in [0.2, 0.25) is 0 Å². The first-order valence-corrected chi connectivity index (χ1v) is 7.99. The molecule has 0 amide bonds. The molecule has 2 atom stereocenters. The predicted octanol–water partition coefficient (Wildman–Crippen LogP) is -2.33. The molecule has 1 aliphatic rings. The van der Waals surface area contributed by atoms with E-state index in [4.69, 9.17) is 5.73 Å². The van der Waals surface area contributed by atoms with E-state index in [0.29, 0.717) is 6.54 Å². The van der Waals surface area contributed by atoms with Crippen LogP contribution in [-0.2, 0) is 10.1 Å². The van der Waals surface area contributed by atoms with Crippen molar-refractivity contribution in [2.24, 2.45) is 16.6 Å². The van der Waals surface area contributed by atoms with Gasteiger partial charge < -0.3 is 15.6 Å². The summed E-state index contributed by atoms with van der Waals surface area (Å²) >= 11 is 0. The van der Waals surface area contributed by atoms with Gasteiger partial charge in [-0.2, -0.15) is 0 Å². The summed E-state index contributed by atoms with van der Waals surface area (Å²) in [5.41, 5.74) is 6.38. The molecule has 108 valence electrons. The topological polar surface area (TPSA) is 95.2 Å². The maximum absolute atomic E-state index is 10.5. The average Bonchev–Trinajstić information content (AvgIpc) is 2.06. The van der Waals surface area contributed by atoms with Crippen LogP contribution in [0.5, 0.6) is 0 Å². The molecule has 7 heteroatoms. The van der Waals surface area contributed by atoms with Gasteiger partial charge in [-0.05, 0) is 30.1 Å². The summed E-state index contributed by atoms with van der Waals surface area (Å²) in [5.74, 6) is -0.349. The molecule has 5 nitrogen and oxygen atoms in total. The minimum Gasteiger partial charge on any atom is -0.748 e. The van der Waals surface area contributed by atoms with Crippen molar-refractivity contribution >= 4 is 10.1 Å². The maximum atomic E-state index is 10.5. The molecular weight excluding hydrogens is 275 g/mol. The zero-order valence-electron chi connectivity index (χ0n) is 12.5. The van der Waals surface area contributed by atoms with E-state index in [1.807, 2.05) is 0 Å². The van der Waals surface area contributed by atoms with Crippen molar-refractivity contribution in [1.29, 1.82) is 0 Å². The number of hydrogen-bond acceptors (Lipinski definition) is 5. The SMILES string of the molecule is CC1(C)CC(N)CC(C)(CNCCS(=O)(=O)[O-])C1.[Na+]. The van der Waals surface area contributed by atoms with Crippen molar-refractivity contribution in [2.45, 2.75) is 46.1 Å². The van der Waals surface area contributed by atoms with E-state index >= 15 is 0 Å². The molecule has 1 saturated carbocycles. The first kappa shape index (κ1) is 19.8. The van der Waals surface area contributed by atoms with Gasteiger partial charge in [-0.3, -0.25) is 0 Å². The molecule has 3 N–H and O–H groups in total. The van der Waals surface area contributed by atoms with Crippen LogP contribution < -0.4 is 40.6 Å². The Bertz CT molecular complexity index is 386. The molecule has 0 heterocycles. The van der Waals surface area contributed by atoms with Crippen LogP contribution in [0.25, 0.3) is 0 Å². The Morgan fingerprint density at radius 1 is 1.32 bits per heavy atom. The van der Waals surface area contributed by atoms with Gasteiger partial charge in [0.25, 0.3) is 0 Å². The largest absolute Gasteiger partial charge is 1.00 e. The number of rotatable bonds is 5. The Morgan fingerprint density at radius 2 is 1.89 bits per heavy atom. The summed E-state index contributed by atoms with van der Waals surface area (Å²) in [6.07, 6.45) is 3.02. The Morgan fingerprint density at radius 3 is 2.37 bits per heavy atom. The zero-order chi connectivity index (χ0) is 14.0. The predicted molar refractivity (Wildman–Crippen MR) is 71.1 cm³/mol. The van der Waals surface area contributed by atoms with Crippen molar-refractivity contribution in [2.75, 3.05) is 18.8 Å². The van der Waals surface area contributed by atoms with E-state index < -0.39 is 10.1 Å². The fraction of sp³-hybridized carbons (Fsp3) is 1.00. The van der Waals surface area contributed by atoms with Crippen molar-refractivity contribution in [3.63, 3.8) is 0 Å². The van der Waals surface area contributed by atoms with Gasteiger partial charge in [-0.1, -0.05) is 20.8 Å². The first-order valence-electron chi connectivity index (χ1n) is 6.41. The Balaban J connectivity index is 0.00000324. The monoisotopic (exact) mass is 300 g/mol. The van der Waals surface area contributed by atoms with Crippen LogP contribution >= 0.6 is 0 Å². The summed E-state index contributed by atoms with van der Waals surface area (Å²) < 4.78 is 31.5. The molecule has 0 aliphatic heterocycles. The molecular formula is C12H25N2NaO3S. The molecule has 1 fully saturated rings. The van der Waals surface area contributed by atoms with Crippen LogP contribution in [0.4, 0.5) is 0 Å². The fourth-order valence-electron chi connectivity index (χ4n) is 3.44. The van der Waals surface area contributed by atoms with E-state index in [1.165, 1.54) is 0 Å². The van der Waals surface area contributed by atoms with Crippen LogP contribution in [0.15, 0.2) is 0 Å². The van der Waals surface area contributed by atoms with Crippen molar-refractivity contribution < 1.29 is 42.5 Å². The average molecular weight is 300 g/mol. The molecule has 0 radical (unpaired) electrons. The van der Waals surface area contributed by atoms with Gasteiger partial charge in [-0.15, -0.1) is 0 Å². The zero-order valence-corrected chi connectivity index (χ0v) is 15.3. The molecule has 0 spiro atoms. The number of nitrogens with two attached hydrogens (primary N) is 1. The van der Waals surface area contributed by atoms with Gasteiger partial charge >= 0.3 is 29.6 Å². The van der Waals surface area contributed by atoms with Gasteiger partial charge in [0.05, 0.1) is 15.9 Å². The molecule has 1 rings (SSSR count). The van der Waals surface area contributed by atoms with Crippen molar-refractivity contribution in [1.82, 2.24) is 5.32 Å². The Labute approximate surface area is 139 Å². The molecule has 19 heavy (non-hydrogen) atoms.